The van der Waals surface area contributed by atoms with Crippen molar-refractivity contribution in [2.24, 2.45) is 0 Å². The Morgan fingerprint density at radius 3 is 2.88 bits per heavy atom. The SMILES string of the molecule is Cc1noc(-c2cccc3ncccc23)n1. The molecule has 16 heavy (non-hydrogen) atoms. The normalized spacial score (nSPS) is 10.8. The van der Waals surface area contributed by atoms with Gasteiger partial charge in [0, 0.05) is 17.1 Å². The quantitative estimate of drug-likeness (QED) is 0.620. The van der Waals surface area contributed by atoms with E-state index in [0.717, 1.165) is 16.5 Å². The maximum atomic E-state index is 5.17. The highest BCUT2D eigenvalue weighted by Crippen LogP contribution is 2.25. The predicted octanol–water partition coefficient (Wildman–Crippen LogP) is 2.59. The number of aromatic nitrogens is 3. The lowest BCUT2D eigenvalue weighted by molar-refractivity contribution is 0.426. The highest BCUT2D eigenvalue weighted by Gasteiger charge is 2.09. The summed E-state index contributed by atoms with van der Waals surface area (Å²) in [6, 6.07) is 9.75. The van der Waals surface area contributed by atoms with Gasteiger partial charge in [0.15, 0.2) is 5.82 Å². The molecule has 0 amide bonds. The van der Waals surface area contributed by atoms with Crippen LogP contribution in [0.5, 0.6) is 0 Å². The van der Waals surface area contributed by atoms with E-state index in [0.29, 0.717) is 11.7 Å². The molecule has 2 aromatic heterocycles. The Balaban J connectivity index is 2.31. The molecule has 0 atom stereocenters. The van der Waals surface area contributed by atoms with Gasteiger partial charge in [0.05, 0.1) is 5.52 Å². The first kappa shape index (κ1) is 9.03. The first-order valence-electron chi connectivity index (χ1n) is 4.99. The number of benzene rings is 1. The number of fused-ring (bicyclic) bond motifs is 1. The van der Waals surface area contributed by atoms with Crippen LogP contribution in [0.1, 0.15) is 5.82 Å². The average Bonchev–Trinajstić information content (AvgIpc) is 2.75. The van der Waals surface area contributed by atoms with Crippen LogP contribution in [0.25, 0.3) is 22.4 Å². The minimum absolute atomic E-state index is 0.538. The van der Waals surface area contributed by atoms with Gasteiger partial charge in [-0.2, -0.15) is 4.98 Å². The molecule has 2 heterocycles. The molecule has 0 radical (unpaired) electrons. The number of hydrogen-bond acceptors (Lipinski definition) is 4. The molecule has 0 fully saturated rings. The third kappa shape index (κ3) is 1.35. The fourth-order valence-electron chi connectivity index (χ4n) is 1.70. The largest absolute Gasteiger partial charge is 0.334 e. The fraction of sp³-hybridized carbons (Fsp3) is 0.0833. The predicted molar refractivity (Wildman–Crippen MR) is 59.8 cm³/mol. The number of rotatable bonds is 1. The van der Waals surface area contributed by atoms with E-state index in [9.17, 15) is 0 Å². The van der Waals surface area contributed by atoms with Crippen molar-refractivity contribution in [2.75, 3.05) is 0 Å². The summed E-state index contributed by atoms with van der Waals surface area (Å²) in [5.74, 6) is 1.17. The molecule has 78 valence electrons. The summed E-state index contributed by atoms with van der Waals surface area (Å²) in [6.07, 6.45) is 1.77. The van der Waals surface area contributed by atoms with E-state index in [1.165, 1.54) is 0 Å². The smallest absolute Gasteiger partial charge is 0.258 e. The molecule has 4 nitrogen and oxygen atoms in total. The summed E-state index contributed by atoms with van der Waals surface area (Å²) in [7, 11) is 0. The van der Waals surface area contributed by atoms with Gasteiger partial charge < -0.3 is 4.52 Å². The summed E-state index contributed by atoms with van der Waals surface area (Å²) in [5, 5.41) is 4.82. The van der Waals surface area contributed by atoms with Crippen LogP contribution in [0, 0.1) is 6.92 Å². The van der Waals surface area contributed by atoms with Gasteiger partial charge in [0.25, 0.3) is 5.89 Å². The van der Waals surface area contributed by atoms with E-state index in [1.54, 1.807) is 13.1 Å². The summed E-state index contributed by atoms with van der Waals surface area (Å²) in [4.78, 5) is 8.51. The van der Waals surface area contributed by atoms with Crippen LogP contribution < -0.4 is 0 Å². The number of nitrogens with zero attached hydrogens (tertiary/aromatic N) is 3. The summed E-state index contributed by atoms with van der Waals surface area (Å²) < 4.78 is 5.17. The van der Waals surface area contributed by atoms with Crippen molar-refractivity contribution in [3.8, 4) is 11.5 Å². The lowest BCUT2D eigenvalue weighted by Gasteiger charge is -2.00. The highest BCUT2D eigenvalue weighted by molar-refractivity contribution is 5.92. The Hall–Kier alpha value is -2.23. The van der Waals surface area contributed by atoms with Crippen LogP contribution >= 0.6 is 0 Å². The second-order valence-electron chi connectivity index (χ2n) is 3.52. The average molecular weight is 211 g/mol. The molecule has 0 aliphatic heterocycles. The standard InChI is InChI=1S/C12H9N3O/c1-8-14-12(16-15-8)10-4-2-6-11-9(10)5-3-7-13-11/h2-7H,1H3. The molecule has 4 heteroatoms. The van der Waals surface area contributed by atoms with Crippen molar-refractivity contribution >= 4 is 10.9 Å². The van der Waals surface area contributed by atoms with Crippen molar-refractivity contribution in [2.45, 2.75) is 6.92 Å². The Kier molecular flexibility index (Phi) is 1.93. The molecule has 0 saturated heterocycles. The maximum Gasteiger partial charge on any atom is 0.258 e. The minimum atomic E-state index is 0.538. The van der Waals surface area contributed by atoms with Gasteiger partial charge in [-0.3, -0.25) is 4.98 Å². The number of aryl methyl sites for hydroxylation is 1. The maximum absolute atomic E-state index is 5.17. The van der Waals surface area contributed by atoms with Crippen LogP contribution in [0.4, 0.5) is 0 Å². The van der Waals surface area contributed by atoms with Crippen molar-refractivity contribution in [3.63, 3.8) is 0 Å². The third-order valence-electron chi connectivity index (χ3n) is 2.40. The van der Waals surface area contributed by atoms with Gasteiger partial charge in [0.1, 0.15) is 0 Å². The van der Waals surface area contributed by atoms with Crippen LogP contribution in [0.2, 0.25) is 0 Å². The van der Waals surface area contributed by atoms with E-state index >= 15 is 0 Å². The van der Waals surface area contributed by atoms with Crippen LogP contribution in [0.3, 0.4) is 0 Å². The van der Waals surface area contributed by atoms with E-state index in [1.807, 2.05) is 30.3 Å². The summed E-state index contributed by atoms with van der Waals surface area (Å²) >= 11 is 0. The van der Waals surface area contributed by atoms with Crippen LogP contribution in [-0.2, 0) is 0 Å². The highest BCUT2D eigenvalue weighted by atomic mass is 16.5. The topological polar surface area (TPSA) is 51.8 Å². The first-order chi connectivity index (χ1) is 7.84. The van der Waals surface area contributed by atoms with Crippen LogP contribution in [0.15, 0.2) is 41.1 Å². The van der Waals surface area contributed by atoms with Crippen molar-refractivity contribution in [1.82, 2.24) is 15.1 Å². The Bertz CT molecular complexity index is 640. The van der Waals surface area contributed by atoms with Gasteiger partial charge in [-0.05, 0) is 25.1 Å². The zero-order chi connectivity index (χ0) is 11.0. The summed E-state index contributed by atoms with van der Waals surface area (Å²) in [6.45, 7) is 1.80. The molecule has 0 bridgehead atoms. The lowest BCUT2D eigenvalue weighted by atomic mass is 10.1. The fourth-order valence-corrected chi connectivity index (χ4v) is 1.70. The van der Waals surface area contributed by atoms with Crippen molar-refractivity contribution < 1.29 is 4.52 Å². The Morgan fingerprint density at radius 2 is 2.06 bits per heavy atom. The molecule has 0 aliphatic rings. The van der Waals surface area contributed by atoms with Gasteiger partial charge in [0.2, 0.25) is 0 Å². The molecule has 0 unspecified atom stereocenters. The Labute approximate surface area is 91.9 Å². The molecule has 1 aromatic carbocycles. The van der Waals surface area contributed by atoms with Crippen molar-refractivity contribution in [1.29, 1.82) is 0 Å². The molecule has 0 saturated carbocycles. The molecule has 0 spiro atoms. The Morgan fingerprint density at radius 1 is 1.12 bits per heavy atom. The molecular formula is C12H9N3O. The zero-order valence-electron chi connectivity index (χ0n) is 8.71. The van der Waals surface area contributed by atoms with E-state index in [-0.39, 0.29) is 0 Å². The van der Waals surface area contributed by atoms with E-state index < -0.39 is 0 Å². The van der Waals surface area contributed by atoms with Gasteiger partial charge in [-0.1, -0.05) is 17.3 Å². The number of pyridine rings is 1. The second kappa shape index (κ2) is 3.41. The van der Waals surface area contributed by atoms with Crippen molar-refractivity contribution in [3.05, 3.63) is 42.4 Å². The molecule has 0 N–H and O–H groups in total. The minimum Gasteiger partial charge on any atom is -0.334 e. The molecule has 3 aromatic rings. The van der Waals surface area contributed by atoms with Gasteiger partial charge in [-0.25, -0.2) is 0 Å². The van der Waals surface area contributed by atoms with E-state index in [4.69, 9.17) is 4.52 Å². The number of hydrogen-bond donors (Lipinski definition) is 0. The first-order valence-corrected chi connectivity index (χ1v) is 4.99. The van der Waals surface area contributed by atoms with Gasteiger partial charge >= 0.3 is 0 Å². The lowest BCUT2D eigenvalue weighted by Crippen LogP contribution is -1.83. The molecular weight excluding hydrogens is 202 g/mol. The summed E-state index contributed by atoms with van der Waals surface area (Å²) in [5.41, 5.74) is 1.85. The third-order valence-corrected chi connectivity index (χ3v) is 2.40. The monoisotopic (exact) mass is 211 g/mol. The van der Waals surface area contributed by atoms with Gasteiger partial charge in [-0.15, -0.1) is 0 Å². The molecule has 0 aliphatic carbocycles. The van der Waals surface area contributed by atoms with Crippen LogP contribution in [-0.4, -0.2) is 15.1 Å². The zero-order valence-corrected chi connectivity index (χ0v) is 8.71. The second-order valence-corrected chi connectivity index (χ2v) is 3.52. The van der Waals surface area contributed by atoms with E-state index in [2.05, 4.69) is 15.1 Å². The molecule has 3 rings (SSSR count).